The van der Waals surface area contributed by atoms with E-state index in [1.54, 1.807) is 12.1 Å². The van der Waals surface area contributed by atoms with Gasteiger partial charge in [0, 0.05) is 11.7 Å². The maximum absolute atomic E-state index is 14.3. The number of carbonyl (C=O) groups excluding carboxylic acids is 1. The second-order valence-corrected chi connectivity index (χ2v) is 8.78. The highest BCUT2D eigenvalue weighted by Crippen LogP contribution is 2.22. The van der Waals surface area contributed by atoms with Crippen LogP contribution in [-0.4, -0.2) is 20.4 Å². The third-order valence-corrected chi connectivity index (χ3v) is 6.58. The summed E-state index contributed by atoms with van der Waals surface area (Å²) in [7, 11) is -3.82. The number of rotatable bonds is 6. The maximum atomic E-state index is 14.3. The van der Waals surface area contributed by atoms with Crippen LogP contribution in [0.25, 0.3) is 0 Å². The second-order valence-electron chi connectivity index (χ2n) is 7.06. The molecule has 0 unspecified atom stereocenters. The number of para-hydroxylation sites is 1. The number of sulfonamides is 1. The van der Waals surface area contributed by atoms with Crippen LogP contribution in [0.5, 0.6) is 0 Å². The smallest absolute Gasteiger partial charge is 0.258 e. The van der Waals surface area contributed by atoms with Gasteiger partial charge in [-0.15, -0.1) is 0 Å². The van der Waals surface area contributed by atoms with Crippen molar-refractivity contribution in [2.75, 3.05) is 5.32 Å². The topological polar surface area (TPSA) is 75.3 Å². The van der Waals surface area contributed by atoms with Crippen molar-refractivity contribution in [1.29, 1.82) is 0 Å². The Bertz CT molecular complexity index is 954. The van der Waals surface area contributed by atoms with Crippen LogP contribution in [0.15, 0.2) is 47.4 Å². The van der Waals surface area contributed by atoms with E-state index in [9.17, 15) is 17.6 Å². The summed E-state index contributed by atoms with van der Waals surface area (Å²) in [6.07, 6.45) is 5.38. The van der Waals surface area contributed by atoms with Gasteiger partial charge in [0.05, 0.1) is 10.5 Å². The molecule has 2 aromatic rings. The standard InChI is InChI=1S/C21H25FN2O3S/c1-2-15-8-6-7-11-20(15)23-21(25)18-14-17(12-13-19(18)22)28(26,27)24-16-9-4-3-5-10-16/h6-8,11-14,16,24H,2-5,9-10H2,1H3,(H,23,25). The molecule has 28 heavy (non-hydrogen) atoms. The summed E-state index contributed by atoms with van der Waals surface area (Å²) < 4.78 is 42.3. The van der Waals surface area contributed by atoms with Crippen LogP contribution in [-0.2, 0) is 16.4 Å². The molecular weight excluding hydrogens is 379 g/mol. The van der Waals surface area contributed by atoms with Crippen LogP contribution in [0.1, 0.15) is 54.9 Å². The van der Waals surface area contributed by atoms with Gasteiger partial charge in [-0.2, -0.15) is 0 Å². The van der Waals surface area contributed by atoms with E-state index in [2.05, 4.69) is 10.0 Å². The van der Waals surface area contributed by atoms with Crippen LogP contribution in [0.2, 0.25) is 0 Å². The molecule has 150 valence electrons. The Balaban J connectivity index is 1.83. The zero-order valence-electron chi connectivity index (χ0n) is 15.9. The highest BCUT2D eigenvalue weighted by Gasteiger charge is 2.24. The third-order valence-electron chi connectivity index (χ3n) is 5.07. The minimum atomic E-state index is -3.82. The van der Waals surface area contributed by atoms with Gasteiger partial charge in [0.1, 0.15) is 5.82 Å². The molecule has 0 aliphatic heterocycles. The highest BCUT2D eigenvalue weighted by atomic mass is 32.2. The normalized spacial score (nSPS) is 15.4. The molecule has 7 heteroatoms. The van der Waals surface area contributed by atoms with Gasteiger partial charge < -0.3 is 5.32 Å². The number of hydrogen-bond donors (Lipinski definition) is 2. The molecule has 1 aliphatic rings. The molecule has 0 bridgehead atoms. The number of halogens is 1. The first-order valence-corrected chi connectivity index (χ1v) is 11.1. The van der Waals surface area contributed by atoms with E-state index in [1.807, 2.05) is 19.1 Å². The molecule has 1 aliphatic carbocycles. The largest absolute Gasteiger partial charge is 0.322 e. The molecular formula is C21H25FN2O3S. The highest BCUT2D eigenvalue weighted by molar-refractivity contribution is 7.89. The number of carbonyl (C=O) groups is 1. The summed E-state index contributed by atoms with van der Waals surface area (Å²) in [5.41, 5.74) is 1.21. The molecule has 0 atom stereocenters. The van der Waals surface area contributed by atoms with E-state index in [0.29, 0.717) is 12.1 Å². The second kappa shape index (κ2) is 8.84. The zero-order chi connectivity index (χ0) is 20.1. The Morgan fingerprint density at radius 2 is 1.82 bits per heavy atom. The van der Waals surface area contributed by atoms with E-state index in [1.165, 1.54) is 6.07 Å². The van der Waals surface area contributed by atoms with Gasteiger partial charge in [0.25, 0.3) is 5.91 Å². The quantitative estimate of drug-likeness (QED) is 0.756. The minimum absolute atomic E-state index is 0.103. The van der Waals surface area contributed by atoms with Crippen molar-refractivity contribution in [2.24, 2.45) is 0 Å². The summed E-state index contributed by atoms with van der Waals surface area (Å²) in [6.45, 7) is 1.95. The van der Waals surface area contributed by atoms with Gasteiger partial charge in [-0.05, 0) is 49.1 Å². The average Bonchev–Trinajstić information content (AvgIpc) is 2.69. The van der Waals surface area contributed by atoms with Gasteiger partial charge in [-0.1, -0.05) is 44.4 Å². The Morgan fingerprint density at radius 3 is 2.54 bits per heavy atom. The summed E-state index contributed by atoms with van der Waals surface area (Å²) in [5.74, 6) is -1.43. The molecule has 0 aromatic heterocycles. The lowest BCUT2D eigenvalue weighted by Gasteiger charge is -2.22. The molecule has 1 amide bonds. The maximum Gasteiger partial charge on any atom is 0.258 e. The van der Waals surface area contributed by atoms with Gasteiger partial charge in [0.2, 0.25) is 10.0 Å². The van der Waals surface area contributed by atoms with Crippen molar-refractivity contribution in [3.8, 4) is 0 Å². The summed E-state index contributed by atoms with van der Waals surface area (Å²) in [4.78, 5) is 12.5. The van der Waals surface area contributed by atoms with E-state index < -0.39 is 21.7 Å². The molecule has 1 fully saturated rings. The Hall–Kier alpha value is -2.25. The van der Waals surface area contributed by atoms with Crippen molar-refractivity contribution >= 4 is 21.6 Å². The van der Waals surface area contributed by atoms with Crippen molar-refractivity contribution < 1.29 is 17.6 Å². The van der Waals surface area contributed by atoms with Crippen LogP contribution < -0.4 is 10.0 Å². The molecule has 0 radical (unpaired) electrons. The number of anilines is 1. The molecule has 2 aromatic carbocycles. The van der Waals surface area contributed by atoms with Gasteiger partial charge >= 0.3 is 0 Å². The fraction of sp³-hybridized carbons (Fsp3) is 0.381. The lowest BCUT2D eigenvalue weighted by Crippen LogP contribution is -2.36. The predicted octanol–water partition coefficient (Wildman–Crippen LogP) is 4.25. The third kappa shape index (κ3) is 4.77. The Morgan fingerprint density at radius 1 is 1.11 bits per heavy atom. The number of aryl methyl sites for hydroxylation is 1. The molecule has 0 spiro atoms. The van der Waals surface area contributed by atoms with Crippen molar-refractivity contribution in [2.45, 2.75) is 56.4 Å². The zero-order valence-corrected chi connectivity index (χ0v) is 16.7. The SMILES string of the molecule is CCc1ccccc1NC(=O)c1cc(S(=O)(=O)NC2CCCCC2)ccc1F. The van der Waals surface area contributed by atoms with Crippen LogP contribution in [0.4, 0.5) is 10.1 Å². The molecule has 2 N–H and O–H groups in total. The fourth-order valence-corrected chi connectivity index (χ4v) is 4.82. The van der Waals surface area contributed by atoms with Crippen LogP contribution in [0, 0.1) is 5.82 Å². The Labute approximate surface area is 165 Å². The lowest BCUT2D eigenvalue weighted by molar-refractivity contribution is 0.102. The monoisotopic (exact) mass is 404 g/mol. The first-order valence-electron chi connectivity index (χ1n) is 9.62. The van der Waals surface area contributed by atoms with Crippen LogP contribution in [0.3, 0.4) is 0 Å². The fourth-order valence-electron chi connectivity index (χ4n) is 3.49. The number of hydrogen-bond acceptors (Lipinski definition) is 3. The molecule has 1 saturated carbocycles. The Kier molecular flexibility index (Phi) is 6.46. The van der Waals surface area contributed by atoms with Crippen molar-refractivity contribution in [3.63, 3.8) is 0 Å². The van der Waals surface area contributed by atoms with Gasteiger partial charge in [0.15, 0.2) is 0 Å². The van der Waals surface area contributed by atoms with E-state index >= 15 is 0 Å². The van der Waals surface area contributed by atoms with E-state index in [0.717, 1.165) is 49.8 Å². The molecule has 0 heterocycles. The van der Waals surface area contributed by atoms with E-state index in [4.69, 9.17) is 0 Å². The molecule has 3 rings (SSSR count). The summed E-state index contributed by atoms with van der Waals surface area (Å²) in [5, 5.41) is 2.68. The number of amides is 1. The predicted molar refractivity (Wildman–Crippen MR) is 107 cm³/mol. The lowest BCUT2D eigenvalue weighted by atomic mass is 9.96. The molecule has 5 nitrogen and oxygen atoms in total. The summed E-state index contributed by atoms with van der Waals surface area (Å²) in [6, 6.07) is 10.5. The first-order chi connectivity index (χ1) is 13.4. The summed E-state index contributed by atoms with van der Waals surface area (Å²) >= 11 is 0. The minimum Gasteiger partial charge on any atom is -0.322 e. The van der Waals surface area contributed by atoms with Crippen molar-refractivity contribution in [3.05, 3.63) is 59.4 Å². The first kappa shape index (κ1) is 20.5. The average molecular weight is 405 g/mol. The van der Waals surface area contributed by atoms with Crippen LogP contribution >= 0.6 is 0 Å². The van der Waals surface area contributed by atoms with Crippen molar-refractivity contribution in [1.82, 2.24) is 4.72 Å². The van der Waals surface area contributed by atoms with Gasteiger partial charge in [-0.25, -0.2) is 17.5 Å². The van der Waals surface area contributed by atoms with Gasteiger partial charge in [-0.3, -0.25) is 4.79 Å². The number of benzene rings is 2. The number of nitrogens with one attached hydrogen (secondary N) is 2. The molecule has 0 saturated heterocycles. The van der Waals surface area contributed by atoms with E-state index in [-0.39, 0.29) is 16.5 Å².